The zero-order valence-electron chi connectivity index (χ0n) is 14.8. The van der Waals surface area contributed by atoms with E-state index in [9.17, 15) is 14.7 Å². The zero-order chi connectivity index (χ0) is 18.5. The number of nitrogens with one attached hydrogen (secondary N) is 1. The number of carbonyl (C=O) groups excluding carboxylic acids is 1. The lowest BCUT2D eigenvalue weighted by molar-refractivity contribution is -0.143. The third-order valence-electron chi connectivity index (χ3n) is 4.49. The highest BCUT2D eigenvalue weighted by molar-refractivity contribution is 7.09. The number of carbonyl (C=O) groups is 2. The first kappa shape index (κ1) is 18.5. The first-order valence-electron chi connectivity index (χ1n) is 8.74. The van der Waals surface area contributed by atoms with E-state index in [4.69, 9.17) is 0 Å². The third-order valence-corrected chi connectivity index (χ3v) is 5.38. The van der Waals surface area contributed by atoms with Gasteiger partial charge in [-0.1, -0.05) is 17.7 Å². The average Bonchev–Trinajstić information content (AvgIpc) is 3.04. The Bertz CT molecular complexity index is 773. The van der Waals surface area contributed by atoms with Gasteiger partial charge in [0.1, 0.15) is 5.01 Å². The zero-order valence-corrected chi connectivity index (χ0v) is 15.6. The lowest BCUT2D eigenvalue weighted by Gasteiger charge is -2.29. The second kappa shape index (κ2) is 8.42. The Morgan fingerprint density at radius 2 is 2.12 bits per heavy atom. The van der Waals surface area contributed by atoms with E-state index in [1.54, 1.807) is 0 Å². The number of thiazole rings is 1. The van der Waals surface area contributed by atoms with E-state index < -0.39 is 5.97 Å². The number of aliphatic carboxylic acids is 1. The molecule has 1 aromatic heterocycles. The van der Waals surface area contributed by atoms with Gasteiger partial charge in [0, 0.05) is 24.2 Å². The van der Waals surface area contributed by atoms with E-state index in [-0.39, 0.29) is 18.2 Å². The molecule has 1 saturated heterocycles. The van der Waals surface area contributed by atoms with Crippen LogP contribution < -0.4 is 5.32 Å². The molecule has 1 unspecified atom stereocenters. The molecule has 1 aliphatic rings. The van der Waals surface area contributed by atoms with Gasteiger partial charge < -0.3 is 10.4 Å². The summed E-state index contributed by atoms with van der Waals surface area (Å²) in [6.07, 6.45) is 1.89. The second-order valence-electron chi connectivity index (χ2n) is 6.74. The van der Waals surface area contributed by atoms with Crippen molar-refractivity contribution in [2.24, 2.45) is 5.92 Å². The smallest absolute Gasteiger partial charge is 0.307 e. The van der Waals surface area contributed by atoms with Crippen molar-refractivity contribution >= 4 is 28.9 Å². The molecule has 1 aromatic carbocycles. The number of carboxylic acids is 1. The monoisotopic (exact) mass is 373 g/mol. The predicted molar refractivity (Wildman–Crippen MR) is 101 cm³/mol. The van der Waals surface area contributed by atoms with Crippen LogP contribution in [0.3, 0.4) is 0 Å². The number of piperidine rings is 1. The summed E-state index contributed by atoms with van der Waals surface area (Å²) in [4.78, 5) is 30.0. The molecule has 0 aliphatic carbocycles. The van der Waals surface area contributed by atoms with Gasteiger partial charge in [0.05, 0.1) is 18.0 Å². The molecule has 1 amide bonds. The van der Waals surface area contributed by atoms with Gasteiger partial charge in [-0.25, -0.2) is 4.98 Å². The van der Waals surface area contributed by atoms with Crippen molar-refractivity contribution in [2.45, 2.75) is 32.7 Å². The first-order valence-corrected chi connectivity index (χ1v) is 9.62. The molecule has 26 heavy (non-hydrogen) atoms. The van der Waals surface area contributed by atoms with Gasteiger partial charge in [0.25, 0.3) is 0 Å². The van der Waals surface area contributed by atoms with Gasteiger partial charge in [-0.15, -0.1) is 11.3 Å². The highest BCUT2D eigenvalue weighted by atomic mass is 32.1. The number of anilines is 1. The Hall–Kier alpha value is -2.25. The Balaban J connectivity index is 1.52. The molecule has 2 aromatic rings. The van der Waals surface area contributed by atoms with Gasteiger partial charge >= 0.3 is 5.97 Å². The van der Waals surface area contributed by atoms with Crippen LogP contribution in [0.4, 0.5) is 5.69 Å². The fraction of sp³-hybridized carbons (Fsp3) is 0.421. The number of hydrogen-bond acceptors (Lipinski definition) is 5. The summed E-state index contributed by atoms with van der Waals surface area (Å²) in [6, 6.07) is 7.69. The largest absolute Gasteiger partial charge is 0.481 e. The van der Waals surface area contributed by atoms with Crippen LogP contribution in [-0.4, -0.2) is 40.0 Å². The molecule has 7 heteroatoms. The number of amides is 1. The topological polar surface area (TPSA) is 82.5 Å². The van der Waals surface area contributed by atoms with E-state index in [1.165, 1.54) is 11.3 Å². The third kappa shape index (κ3) is 5.12. The van der Waals surface area contributed by atoms with Crippen LogP contribution in [-0.2, 0) is 22.6 Å². The minimum absolute atomic E-state index is 0.0846. The van der Waals surface area contributed by atoms with Crippen molar-refractivity contribution in [3.63, 3.8) is 0 Å². The molecule has 1 aliphatic heterocycles. The molecule has 2 N–H and O–H groups in total. The number of nitrogens with zero attached hydrogens (tertiary/aromatic N) is 2. The van der Waals surface area contributed by atoms with Crippen molar-refractivity contribution < 1.29 is 14.7 Å². The number of rotatable bonds is 6. The van der Waals surface area contributed by atoms with Crippen LogP contribution in [0.1, 0.15) is 29.1 Å². The average molecular weight is 373 g/mol. The van der Waals surface area contributed by atoms with Crippen molar-refractivity contribution in [3.8, 4) is 0 Å². The summed E-state index contributed by atoms with van der Waals surface area (Å²) >= 11 is 1.47. The lowest BCUT2D eigenvalue weighted by Crippen LogP contribution is -2.38. The number of likely N-dealkylation sites (tertiary alicyclic amines) is 1. The molecule has 138 valence electrons. The van der Waals surface area contributed by atoms with E-state index in [1.807, 2.05) is 36.6 Å². The Morgan fingerprint density at radius 3 is 2.85 bits per heavy atom. The van der Waals surface area contributed by atoms with Crippen LogP contribution in [0.5, 0.6) is 0 Å². The van der Waals surface area contributed by atoms with E-state index >= 15 is 0 Å². The van der Waals surface area contributed by atoms with E-state index in [0.717, 1.165) is 41.3 Å². The number of aromatic nitrogens is 1. The maximum atomic E-state index is 12.2. The number of carboxylic acid groups (broad SMARTS) is 1. The number of hydrogen-bond donors (Lipinski definition) is 2. The molecule has 1 fully saturated rings. The van der Waals surface area contributed by atoms with Gasteiger partial charge in [-0.3, -0.25) is 14.5 Å². The van der Waals surface area contributed by atoms with Crippen LogP contribution in [0.2, 0.25) is 0 Å². The van der Waals surface area contributed by atoms with Crippen LogP contribution in [0.15, 0.2) is 29.6 Å². The van der Waals surface area contributed by atoms with Gasteiger partial charge in [0.2, 0.25) is 5.91 Å². The molecule has 2 heterocycles. The maximum Gasteiger partial charge on any atom is 0.307 e. The number of benzene rings is 1. The Morgan fingerprint density at radius 1 is 1.35 bits per heavy atom. The summed E-state index contributed by atoms with van der Waals surface area (Å²) in [5, 5.41) is 14.8. The molecule has 0 bridgehead atoms. The SMILES string of the molecule is Cc1ccc(NC(=O)Cc2nc(CN3CCCC(C(=O)O)C3)cs2)cc1. The molecular weight excluding hydrogens is 350 g/mol. The standard InChI is InChI=1S/C19H23N3O3S/c1-13-4-6-15(7-5-13)20-17(23)9-18-21-16(12-26-18)11-22-8-2-3-14(10-22)19(24)25/h4-7,12,14H,2-3,8-11H2,1H3,(H,20,23)(H,24,25). The van der Waals surface area contributed by atoms with Gasteiger partial charge in [0.15, 0.2) is 0 Å². The Kier molecular flexibility index (Phi) is 6.00. The molecule has 0 radical (unpaired) electrons. The molecule has 6 nitrogen and oxygen atoms in total. The van der Waals surface area contributed by atoms with Crippen molar-refractivity contribution in [1.29, 1.82) is 0 Å². The molecule has 0 spiro atoms. The highest BCUT2D eigenvalue weighted by Gasteiger charge is 2.25. The first-order chi connectivity index (χ1) is 12.5. The second-order valence-corrected chi connectivity index (χ2v) is 7.68. The van der Waals surface area contributed by atoms with Crippen LogP contribution in [0.25, 0.3) is 0 Å². The van der Waals surface area contributed by atoms with Gasteiger partial charge in [-0.05, 0) is 38.4 Å². The van der Waals surface area contributed by atoms with Crippen molar-refractivity contribution in [3.05, 3.63) is 45.9 Å². The predicted octanol–water partition coefficient (Wildman–Crippen LogP) is 2.93. The molecular formula is C19H23N3O3S. The number of aryl methyl sites for hydroxylation is 1. The normalized spacial score (nSPS) is 17.8. The van der Waals surface area contributed by atoms with E-state index in [0.29, 0.717) is 13.1 Å². The lowest BCUT2D eigenvalue weighted by atomic mass is 9.98. The van der Waals surface area contributed by atoms with Crippen molar-refractivity contribution in [1.82, 2.24) is 9.88 Å². The van der Waals surface area contributed by atoms with Crippen LogP contribution in [0, 0.1) is 12.8 Å². The van der Waals surface area contributed by atoms with E-state index in [2.05, 4.69) is 15.2 Å². The molecule has 3 rings (SSSR count). The molecule has 1 atom stereocenters. The summed E-state index contributed by atoms with van der Waals surface area (Å²) in [7, 11) is 0. The van der Waals surface area contributed by atoms with Crippen LogP contribution >= 0.6 is 11.3 Å². The quantitative estimate of drug-likeness (QED) is 0.813. The van der Waals surface area contributed by atoms with Gasteiger partial charge in [-0.2, -0.15) is 0 Å². The van der Waals surface area contributed by atoms with Crippen molar-refractivity contribution in [2.75, 3.05) is 18.4 Å². The minimum Gasteiger partial charge on any atom is -0.481 e. The molecule has 0 saturated carbocycles. The minimum atomic E-state index is -0.721. The summed E-state index contributed by atoms with van der Waals surface area (Å²) in [5.74, 6) is -1.10. The summed E-state index contributed by atoms with van der Waals surface area (Å²) in [5.41, 5.74) is 2.83. The fourth-order valence-electron chi connectivity index (χ4n) is 3.11. The Labute approximate surface area is 156 Å². The summed E-state index contributed by atoms with van der Waals surface area (Å²) < 4.78 is 0. The maximum absolute atomic E-state index is 12.2. The highest BCUT2D eigenvalue weighted by Crippen LogP contribution is 2.20. The fourth-order valence-corrected chi connectivity index (χ4v) is 3.90. The summed E-state index contributed by atoms with van der Waals surface area (Å²) in [6.45, 7) is 4.10.